The number of sulfonamides is 1. The van der Waals surface area contributed by atoms with Crippen LogP contribution in [0.25, 0.3) is 10.9 Å². The van der Waals surface area contributed by atoms with Gasteiger partial charge in [0.2, 0.25) is 0 Å². The van der Waals surface area contributed by atoms with E-state index in [4.69, 9.17) is 0 Å². The third kappa shape index (κ3) is 6.29. The molecule has 0 radical (unpaired) electrons. The molecule has 0 atom stereocenters. The van der Waals surface area contributed by atoms with E-state index in [1.54, 1.807) is 18.2 Å². The Morgan fingerprint density at radius 1 is 0.773 bits per heavy atom. The highest BCUT2D eigenvalue weighted by molar-refractivity contribution is 7.93. The van der Waals surface area contributed by atoms with Gasteiger partial charge in [-0.05, 0) is 42.5 Å². The summed E-state index contributed by atoms with van der Waals surface area (Å²) in [6, 6.07) is 11.5. The first kappa shape index (κ1) is 30.7. The Morgan fingerprint density at radius 3 is 2.05 bits per heavy atom. The Bertz CT molecular complexity index is 1830. The highest BCUT2D eigenvalue weighted by Gasteiger charge is 2.37. The minimum absolute atomic E-state index is 0.0453. The van der Waals surface area contributed by atoms with Crippen LogP contribution in [-0.2, 0) is 22.4 Å². The number of anilines is 1. The Hall–Kier alpha value is -4.73. The third-order valence-electron chi connectivity index (χ3n) is 6.87. The predicted molar refractivity (Wildman–Crippen MR) is 145 cm³/mol. The van der Waals surface area contributed by atoms with Crippen LogP contribution >= 0.6 is 0 Å². The molecule has 2 amide bonds. The van der Waals surface area contributed by atoms with E-state index in [1.165, 1.54) is 28.1 Å². The molecule has 2 aromatic carbocycles. The molecule has 1 aliphatic rings. The maximum absolute atomic E-state index is 14.1. The van der Waals surface area contributed by atoms with Crippen LogP contribution in [0.5, 0.6) is 0 Å². The van der Waals surface area contributed by atoms with Crippen LogP contribution in [-0.4, -0.2) is 66.2 Å². The van der Waals surface area contributed by atoms with Crippen molar-refractivity contribution >= 4 is 38.4 Å². The number of piperazine rings is 1. The number of hydrogen-bond donors (Lipinski definition) is 1. The van der Waals surface area contributed by atoms with Crippen LogP contribution < -0.4 is 4.72 Å². The van der Waals surface area contributed by atoms with E-state index in [0.29, 0.717) is 17.6 Å². The van der Waals surface area contributed by atoms with E-state index in [0.717, 1.165) is 24.3 Å². The average Bonchev–Trinajstić information content (AvgIpc) is 2.99. The monoisotopic (exact) mass is 637 g/mol. The molecule has 5 rings (SSSR count). The largest absolute Gasteiger partial charge is 0.418 e. The summed E-state index contributed by atoms with van der Waals surface area (Å²) in [6.07, 6.45) is -7.77. The molecular formula is C28H21F6N5O4S. The van der Waals surface area contributed by atoms with Crippen molar-refractivity contribution in [3.63, 3.8) is 0 Å². The SMILES string of the molecule is O=C(c1ccc(NS(=O)(=O)c2cccc3cccnc23)c(C(F)(F)F)c1)N1CCN(C(=O)c2ccc(C(F)(F)F)cn2)CC1. The van der Waals surface area contributed by atoms with Crippen molar-refractivity contribution in [1.82, 2.24) is 19.8 Å². The number of carbonyl (C=O) groups is 2. The number of nitrogens with one attached hydrogen (secondary N) is 1. The van der Waals surface area contributed by atoms with Gasteiger partial charge in [-0.3, -0.25) is 24.3 Å². The number of pyridine rings is 2. The molecule has 1 aliphatic heterocycles. The first-order valence-electron chi connectivity index (χ1n) is 12.8. The number of alkyl halides is 6. The molecule has 1 saturated heterocycles. The molecule has 230 valence electrons. The zero-order chi connectivity index (χ0) is 31.9. The standard InChI is InChI=1S/C28H21F6N5O4S/c29-27(30,31)19-7-9-22(36-16-19)26(41)39-13-11-38(12-14-39)25(40)18-6-8-21(20(15-18)28(32,33)34)37-44(42,43)23-5-1-3-17-4-2-10-35-24(17)23/h1-10,15-16,37H,11-14H2. The van der Waals surface area contributed by atoms with Crippen LogP contribution in [0, 0.1) is 0 Å². The van der Waals surface area contributed by atoms with E-state index in [2.05, 4.69) is 9.97 Å². The Balaban J connectivity index is 1.32. The van der Waals surface area contributed by atoms with Gasteiger partial charge >= 0.3 is 12.4 Å². The zero-order valence-corrected chi connectivity index (χ0v) is 23.2. The maximum atomic E-state index is 14.1. The molecule has 0 bridgehead atoms. The summed E-state index contributed by atoms with van der Waals surface area (Å²) in [5.74, 6) is -1.45. The second kappa shape index (κ2) is 11.4. The zero-order valence-electron chi connectivity index (χ0n) is 22.4. The highest BCUT2D eigenvalue weighted by atomic mass is 32.2. The summed E-state index contributed by atoms with van der Waals surface area (Å²) in [5.41, 5.74) is -3.73. The van der Waals surface area contributed by atoms with Gasteiger partial charge in [-0.2, -0.15) is 26.3 Å². The van der Waals surface area contributed by atoms with Crippen LogP contribution in [0.2, 0.25) is 0 Å². The number of aromatic nitrogens is 2. The van der Waals surface area contributed by atoms with E-state index in [-0.39, 0.29) is 47.8 Å². The van der Waals surface area contributed by atoms with Gasteiger partial charge in [0, 0.05) is 49.5 Å². The molecule has 0 unspecified atom stereocenters. The molecule has 0 spiro atoms. The summed E-state index contributed by atoms with van der Waals surface area (Å²) < 4.78 is 109. The van der Waals surface area contributed by atoms with Crippen molar-refractivity contribution < 1.29 is 44.3 Å². The fourth-order valence-corrected chi connectivity index (χ4v) is 5.90. The molecule has 0 aliphatic carbocycles. The molecule has 3 heterocycles. The average molecular weight is 638 g/mol. The first-order chi connectivity index (χ1) is 20.6. The van der Waals surface area contributed by atoms with Crippen molar-refractivity contribution in [2.45, 2.75) is 17.2 Å². The summed E-state index contributed by atoms with van der Waals surface area (Å²) in [5, 5.41) is 0.463. The topological polar surface area (TPSA) is 113 Å². The van der Waals surface area contributed by atoms with Crippen molar-refractivity contribution in [1.29, 1.82) is 0 Å². The first-order valence-corrected chi connectivity index (χ1v) is 14.3. The number of rotatable bonds is 5. The lowest BCUT2D eigenvalue weighted by Gasteiger charge is -2.34. The molecule has 4 aromatic rings. The number of halogens is 6. The summed E-state index contributed by atoms with van der Waals surface area (Å²) in [6.45, 7) is -0.239. The molecule has 1 N–H and O–H groups in total. The predicted octanol–water partition coefficient (Wildman–Crippen LogP) is 5.07. The molecule has 44 heavy (non-hydrogen) atoms. The van der Waals surface area contributed by atoms with Crippen molar-refractivity contribution in [3.05, 3.63) is 95.4 Å². The molecule has 2 aromatic heterocycles. The van der Waals surface area contributed by atoms with Crippen molar-refractivity contribution in [3.8, 4) is 0 Å². The summed E-state index contributed by atoms with van der Waals surface area (Å²) in [7, 11) is -4.53. The van der Waals surface area contributed by atoms with Gasteiger partial charge in [0.05, 0.1) is 22.3 Å². The van der Waals surface area contributed by atoms with Gasteiger partial charge in [-0.25, -0.2) is 8.42 Å². The van der Waals surface area contributed by atoms with E-state index >= 15 is 0 Å². The maximum Gasteiger partial charge on any atom is 0.418 e. The van der Waals surface area contributed by atoms with Gasteiger partial charge in [-0.15, -0.1) is 0 Å². The number of amides is 2. The third-order valence-corrected chi connectivity index (χ3v) is 8.26. The van der Waals surface area contributed by atoms with Crippen LogP contribution in [0.4, 0.5) is 32.0 Å². The molecule has 0 saturated carbocycles. The number of para-hydroxylation sites is 1. The minimum atomic E-state index is -5.04. The fourth-order valence-electron chi connectivity index (χ4n) is 4.64. The lowest BCUT2D eigenvalue weighted by molar-refractivity contribution is -0.138. The number of fused-ring (bicyclic) bond motifs is 1. The molecule has 1 fully saturated rings. The van der Waals surface area contributed by atoms with Gasteiger partial charge in [0.1, 0.15) is 10.6 Å². The fraction of sp³-hybridized carbons (Fsp3) is 0.214. The lowest BCUT2D eigenvalue weighted by atomic mass is 10.1. The normalized spacial score (nSPS) is 14.5. The second-order valence-electron chi connectivity index (χ2n) is 9.71. The van der Waals surface area contributed by atoms with Crippen molar-refractivity contribution in [2.24, 2.45) is 0 Å². The lowest BCUT2D eigenvalue weighted by Crippen LogP contribution is -2.50. The summed E-state index contributed by atoms with van der Waals surface area (Å²) >= 11 is 0. The van der Waals surface area contributed by atoms with Gasteiger partial charge in [0.25, 0.3) is 21.8 Å². The number of hydrogen-bond acceptors (Lipinski definition) is 6. The molecule has 9 nitrogen and oxygen atoms in total. The second-order valence-corrected chi connectivity index (χ2v) is 11.4. The molecular weight excluding hydrogens is 616 g/mol. The smallest absolute Gasteiger partial charge is 0.335 e. The molecule has 16 heteroatoms. The van der Waals surface area contributed by atoms with Crippen LogP contribution in [0.1, 0.15) is 32.0 Å². The Labute approximate surface area is 246 Å². The van der Waals surface area contributed by atoms with Crippen LogP contribution in [0.3, 0.4) is 0 Å². The minimum Gasteiger partial charge on any atom is -0.335 e. The van der Waals surface area contributed by atoms with E-state index < -0.39 is 51.0 Å². The van der Waals surface area contributed by atoms with Crippen molar-refractivity contribution in [2.75, 3.05) is 30.9 Å². The Morgan fingerprint density at radius 2 is 1.43 bits per heavy atom. The Kier molecular flexibility index (Phi) is 7.96. The number of benzene rings is 2. The van der Waals surface area contributed by atoms with Gasteiger partial charge < -0.3 is 9.80 Å². The number of carbonyl (C=O) groups excluding carboxylic acids is 2. The van der Waals surface area contributed by atoms with Gasteiger partial charge in [-0.1, -0.05) is 18.2 Å². The van der Waals surface area contributed by atoms with E-state index in [9.17, 15) is 44.3 Å². The van der Waals surface area contributed by atoms with Crippen LogP contribution in [0.15, 0.2) is 78.0 Å². The van der Waals surface area contributed by atoms with Gasteiger partial charge in [0.15, 0.2) is 0 Å². The quantitative estimate of drug-likeness (QED) is 0.306. The summed E-state index contributed by atoms with van der Waals surface area (Å²) in [4.78, 5) is 35.5. The highest BCUT2D eigenvalue weighted by Crippen LogP contribution is 2.37. The number of nitrogens with zero attached hydrogens (tertiary/aromatic N) is 4. The van der Waals surface area contributed by atoms with E-state index in [1.807, 2.05) is 4.72 Å².